The number of nitrogens with zero attached hydrogens (tertiary/aromatic N) is 2. The molecule has 1 aliphatic rings. The number of anilines is 1. The molecule has 0 radical (unpaired) electrons. The van der Waals surface area contributed by atoms with Crippen molar-refractivity contribution in [1.29, 1.82) is 0 Å². The topological polar surface area (TPSA) is 71.4 Å². The van der Waals surface area contributed by atoms with Gasteiger partial charge >= 0.3 is 0 Å². The SMILES string of the molecule is Cc1ccsc1CCNC(=O)c1cc(S(=O)(=O)N2CCc3ccccc32)cn1C. The summed E-state index contributed by atoms with van der Waals surface area (Å²) in [7, 11) is -2.02. The molecule has 0 saturated heterocycles. The third-order valence-electron chi connectivity index (χ3n) is 5.25. The maximum absolute atomic E-state index is 13.2. The van der Waals surface area contributed by atoms with Gasteiger partial charge in [0.1, 0.15) is 10.6 Å². The third kappa shape index (κ3) is 3.70. The van der Waals surface area contributed by atoms with Gasteiger partial charge in [-0.2, -0.15) is 0 Å². The Hall–Kier alpha value is -2.58. The van der Waals surface area contributed by atoms with E-state index < -0.39 is 10.0 Å². The summed E-state index contributed by atoms with van der Waals surface area (Å²) in [6.45, 7) is 2.98. The number of hydrogen-bond acceptors (Lipinski definition) is 4. The number of aryl methyl sites for hydroxylation is 2. The maximum atomic E-state index is 13.2. The molecule has 1 amide bonds. The Bertz CT molecular complexity index is 1160. The highest BCUT2D eigenvalue weighted by atomic mass is 32.2. The number of carbonyl (C=O) groups excluding carboxylic acids is 1. The Kier molecular flexibility index (Phi) is 5.23. The Morgan fingerprint density at radius 3 is 2.79 bits per heavy atom. The third-order valence-corrected chi connectivity index (χ3v) is 8.11. The van der Waals surface area contributed by atoms with Crippen molar-refractivity contribution in [3.05, 3.63) is 69.7 Å². The highest BCUT2D eigenvalue weighted by molar-refractivity contribution is 7.92. The number of hydrogen-bond donors (Lipinski definition) is 1. The minimum atomic E-state index is -3.71. The molecule has 8 heteroatoms. The lowest BCUT2D eigenvalue weighted by Crippen LogP contribution is -2.29. The summed E-state index contributed by atoms with van der Waals surface area (Å²) in [6.07, 6.45) is 2.96. The van der Waals surface area contributed by atoms with Crippen LogP contribution in [0, 0.1) is 6.92 Å². The monoisotopic (exact) mass is 429 g/mol. The van der Waals surface area contributed by atoms with E-state index in [1.165, 1.54) is 27.0 Å². The summed E-state index contributed by atoms with van der Waals surface area (Å²) < 4.78 is 29.3. The van der Waals surface area contributed by atoms with Crippen LogP contribution in [0.4, 0.5) is 5.69 Å². The van der Waals surface area contributed by atoms with Crippen molar-refractivity contribution in [3.63, 3.8) is 0 Å². The van der Waals surface area contributed by atoms with Crippen LogP contribution in [0.3, 0.4) is 0 Å². The summed E-state index contributed by atoms with van der Waals surface area (Å²) in [4.78, 5) is 14.0. The number of carbonyl (C=O) groups is 1. The molecule has 1 aliphatic heterocycles. The molecule has 29 heavy (non-hydrogen) atoms. The van der Waals surface area contributed by atoms with Crippen molar-refractivity contribution < 1.29 is 13.2 Å². The van der Waals surface area contributed by atoms with Crippen LogP contribution in [0.2, 0.25) is 0 Å². The van der Waals surface area contributed by atoms with Crippen LogP contribution in [-0.2, 0) is 29.9 Å². The molecule has 6 nitrogen and oxygen atoms in total. The molecule has 0 spiro atoms. The van der Waals surface area contributed by atoms with E-state index >= 15 is 0 Å². The standard InChI is InChI=1S/C21H23N3O3S2/c1-15-9-12-28-20(15)7-10-22-21(25)19-13-17(14-23(19)2)29(26,27)24-11-8-16-5-3-4-6-18(16)24/h3-6,9,12-14H,7-8,10-11H2,1-2H3,(H,22,25). The molecule has 0 unspecified atom stereocenters. The van der Waals surface area contributed by atoms with Crippen molar-refractivity contribution in [2.24, 2.45) is 7.05 Å². The van der Waals surface area contributed by atoms with Gasteiger partial charge in [-0.15, -0.1) is 11.3 Å². The minimum Gasteiger partial charge on any atom is -0.350 e. The van der Waals surface area contributed by atoms with E-state index in [0.29, 0.717) is 30.9 Å². The van der Waals surface area contributed by atoms with Crippen LogP contribution < -0.4 is 9.62 Å². The van der Waals surface area contributed by atoms with Gasteiger partial charge in [0.15, 0.2) is 0 Å². The first-order valence-corrected chi connectivity index (χ1v) is 11.8. The molecule has 0 saturated carbocycles. The van der Waals surface area contributed by atoms with Crippen LogP contribution >= 0.6 is 11.3 Å². The molecule has 0 fully saturated rings. The van der Waals surface area contributed by atoms with Gasteiger partial charge in [-0.3, -0.25) is 9.10 Å². The normalized spacial score (nSPS) is 13.5. The quantitative estimate of drug-likeness (QED) is 0.654. The van der Waals surface area contributed by atoms with E-state index in [1.54, 1.807) is 23.0 Å². The molecule has 0 atom stereocenters. The molecule has 3 heterocycles. The fraction of sp³-hybridized carbons (Fsp3) is 0.286. The highest BCUT2D eigenvalue weighted by Crippen LogP contribution is 2.33. The summed E-state index contributed by atoms with van der Waals surface area (Å²) in [5.74, 6) is -0.273. The van der Waals surface area contributed by atoms with Crippen LogP contribution in [0.15, 0.2) is 52.9 Å². The van der Waals surface area contributed by atoms with E-state index in [9.17, 15) is 13.2 Å². The van der Waals surface area contributed by atoms with Crippen LogP contribution in [0.1, 0.15) is 26.5 Å². The van der Waals surface area contributed by atoms with Gasteiger partial charge in [0.25, 0.3) is 15.9 Å². The lowest BCUT2D eigenvalue weighted by atomic mass is 10.2. The lowest BCUT2D eigenvalue weighted by molar-refractivity contribution is 0.0946. The van der Waals surface area contributed by atoms with Gasteiger partial charge in [-0.25, -0.2) is 8.42 Å². The van der Waals surface area contributed by atoms with Crippen LogP contribution in [0.5, 0.6) is 0 Å². The number of sulfonamides is 1. The predicted molar refractivity (Wildman–Crippen MR) is 115 cm³/mol. The van der Waals surface area contributed by atoms with E-state index in [1.807, 2.05) is 29.6 Å². The average molecular weight is 430 g/mol. The second-order valence-electron chi connectivity index (χ2n) is 7.16. The summed E-state index contributed by atoms with van der Waals surface area (Å²) in [5.41, 5.74) is 3.30. The van der Waals surface area contributed by atoms with Crippen molar-refractivity contribution in [1.82, 2.24) is 9.88 Å². The second kappa shape index (κ2) is 7.68. The molecule has 2 aromatic heterocycles. The molecule has 0 bridgehead atoms. The molecule has 1 N–H and O–H groups in total. The Labute approximate surface area is 174 Å². The molecule has 4 rings (SSSR count). The van der Waals surface area contributed by atoms with Crippen LogP contribution in [-0.4, -0.2) is 32.0 Å². The molecule has 1 aromatic carbocycles. The zero-order chi connectivity index (χ0) is 20.6. The Morgan fingerprint density at radius 1 is 1.24 bits per heavy atom. The first-order chi connectivity index (χ1) is 13.9. The number of benzene rings is 1. The van der Waals surface area contributed by atoms with E-state index in [4.69, 9.17) is 0 Å². The fourth-order valence-corrected chi connectivity index (χ4v) is 6.11. The Morgan fingerprint density at radius 2 is 2.03 bits per heavy atom. The number of rotatable bonds is 6. The van der Waals surface area contributed by atoms with E-state index in [2.05, 4.69) is 18.3 Å². The molecule has 152 valence electrons. The van der Waals surface area contributed by atoms with Crippen molar-refractivity contribution in [3.8, 4) is 0 Å². The summed E-state index contributed by atoms with van der Waals surface area (Å²) in [6, 6.07) is 11.0. The maximum Gasteiger partial charge on any atom is 0.267 e. The summed E-state index contributed by atoms with van der Waals surface area (Å²) >= 11 is 1.67. The smallest absolute Gasteiger partial charge is 0.267 e. The lowest BCUT2D eigenvalue weighted by Gasteiger charge is -2.18. The number of aromatic nitrogens is 1. The van der Waals surface area contributed by atoms with Gasteiger partial charge in [0.05, 0.1) is 5.69 Å². The van der Waals surface area contributed by atoms with E-state index in [0.717, 1.165) is 12.0 Å². The van der Waals surface area contributed by atoms with Crippen molar-refractivity contribution in [2.75, 3.05) is 17.4 Å². The van der Waals surface area contributed by atoms with E-state index in [-0.39, 0.29) is 10.8 Å². The predicted octanol–water partition coefficient (Wildman–Crippen LogP) is 3.12. The van der Waals surface area contributed by atoms with Gasteiger partial charge < -0.3 is 9.88 Å². The van der Waals surface area contributed by atoms with Gasteiger partial charge in [-0.1, -0.05) is 18.2 Å². The largest absolute Gasteiger partial charge is 0.350 e. The number of fused-ring (bicyclic) bond motifs is 1. The average Bonchev–Trinajstić information content (AvgIpc) is 3.40. The van der Waals surface area contributed by atoms with Gasteiger partial charge in [-0.05, 0) is 54.5 Å². The Balaban J connectivity index is 1.50. The van der Waals surface area contributed by atoms with Gasteiger partial charge in [0.2, 0.25) is 0 Å². The minimum absolute atomic E-state index is 0.135. The summed E-state index contributed by atoms with van der Waals surface area (Å²) in [5, 5.41) is 4.93. The highest BCUT2D eigenvalue weighted by Gasteiger charge is 2.32. The molecule has 0 aliphatic carbocycles. The fourth-order valence-electron chi connectivity index (χ4n) is 3.63. The van der Waals surface area contributed by atoms with Gasteiger partial charge in [0, 0.05) is 31.2 Å². The number of para-hydroxylation sites is 1. The molecule has 3 aromatic rings. The van der Waals surface area contributed by atoms with Crippen molar-refractivity contribution in [2.45, 2.75) is 24.7 Å². The van der Waals surface area contributed by atoms with Crippen LogP contribution in [0.25, 0.3) is 0 Å². The second-order valence-corrected chi connectivity index (χ2v) is 10.0. The zero-order valence-corrected chi connectivity index (χ0v) is 18.0. The van der Waals surface area contributed by atoms with Crippen molar-refractivity contribution >= 4 is 33.0 Å². The zero-order valence-electron chi connectivity index (χ0n) is 16.4. The number of nitrogens with one attached hydrogen (secondary N) is 1. The first kappa shape index (κ1) is 19.7. The molecular formula is C21H23N3O3S2. The number of amides is 1. The molecular weight excluding hydrogens is 406 g/mol. The number of thiophene rings is 1. The first-order valence-electron chi connectivity index (χ1n) is 9.46.